The van der Waals surface area contributed by atoms with Gasteiger partial charge in [0.1, 0.15) is 17.7 Å². The highest BCUT2D eigenvalue weighted by Gasteiger charge is 2.53. The quantitative estimate of drug-likeness (QED) is 0.0490. The van der Waals surface area contributed by atoms with E-state index in [-0.39, 0.29) is 54.5 Å². The van der Waals surface area contributed by atoms with E-state index in [9.17, 15) is 33.1 Å². The van der Waals surface area contributed by atoms with E-state index in [1.807, 2.05) is 83.1 Å². The number of benzene rings is 3. The van der Waals surface area contributed by atoms with Crippen LogP contribution in [0.15, 0.2) is 113 Å². The van der Waals surface area contributed by atoms with E-state index in [0.717, 1.165) is 16.2 Å². The molecule has 394 valence electrons. The lowest BCUT2D eigenvalue weighted by Gasteiger charge is -2.38. The second kappa shape index (κ2) is 25.0. The van der Waals surface area contributed by atoms with Crippen molar-refractivity contribution in [1.29, 1.82) is 0 Å². The molecule has 16 nitrogen and oxygen atoms in total. The summed E-state index contributed by atoms with van der Waals surface area (Å²) in [6.45, 7) is 12.5. The number of likely N-dealkylation sites (tertiary alicyclic amines) is 1. The van der Waals surface area contributed by atoms with Crippen molar-refractivity contribution in [3.8, 4) is 22.8 Å². The Morgan fingerprint density at radius 1 is 0.824 bits per heavy atom. The van der Waals surface area contributed by atoms with Gasteiger partial charge in [0.25, 0.3) is 11.5 Å². The molecule has 1 saturated heterocycles. The number of thioether (sulfide) groups is 1. The Labute approximate surface area is 433 Å². The zero-order chi connectivity index (χ0) is 52.9. The van der Waals surface area contributed by atoms with Crippen LogP contribution >= 0.6 is 11.8 Å². The number of aliphatic hydroxyl groups is 1. The standard InChI is InChI=1S/C51H53F2N7O9S.2C2H6/c1-34-10-15-42(57-48(64)50(18-19-50)38-12-14-40-41(31-38)69-51(52,53)68-40)56-45(34)36-8-5-9-37(30-36)46(62)54-22-25-66-26-27-67-28-29-70-44-17-13-39-47(63)59(33-55-60(39)44)32-49(65)20-23-58(24-21-49)43(61)16-11-35-6-3-2-4-7-35;2*1-2/h2-10,12-15,17,30-31,33,65H,11,16,18-29,32H2,1H3,(H,54,62)(H,56,57,64);2*1-2H3. The molecule has 2 fully saturated rings. The van der Waals surface area contributed by atoms with Gasteiger partial charge in [-0.3, -0.25) is 23.7 Å². The fourth-order valence-electron chi connectivity index (χ4n) is 8.75. The fraction of sp³-hybridized carbons (Fsp3) is 0.418. The summed E-state index contributed by atoms with van der Waals surface area (Å²) in [7, 11) is 0. The number of amides is 3. The maximum atomic E-state index is 13.6. The molecular weight excluding hydrogens is 973 g/mol. The molecule has 1 saturated carbocycles. The molecule has 19 heteroatoms. The van der Waals surface area contributed by atoms with Crippen LogP contribution in [0.2, 0.25) is 0 Å². The molecule has 5 heterocycles. The molecule has 0 radical (unpaired) electrons. The lowest BCUT2D eigenvalue weighted by atomic mass is 9.91. The van der Waals surface area contributed by atoms with Crippen molar-refractivity contribution < 1.29 is 47.2 Å². The first-order valence-corrected chi connectivity index (χ1v) is 26.2. The largest absolute Gasteiger partial charge is 0.586 e. The van der Waals surface area contributed by atoms with Crippen LogP contribution in [0.4, 0.5) is 14.6 Å². The van der Waals surface area contributed by atoms with Crippen LogP contribution < -0.4 is 25.7 Å². The number of aryl methyl sites for hydroxylation is 2. The Hall–Kier alpha value is -6.67. The number of ether oxygens (including phenoxy) is 4. The number of fused-ring (bicyclic) bond motifs is 2. The van der Waals surface area contributed by atoms with Crippen LogP contribution in [0.5, 0.6) is 11.5 Å². The summed E-state index contributed by atoms with van der Waals surface area (Å²) in [5.74, 6) is 0.178. The number of rotatable bonds is 20. The second-order valence-electron chi connectivity index (χ2n) is 17.8. The van der Waals surface area contributed by atoms with E-state index in [1.54, 1.807) is 45.8 Å². The molecule has 0 atom stereocenters. The summed E-state index contributed by atoms with van der Waals surface area (Å²) < 4.78 is 50.8. The Morgan fingerprint density at radius 2 is 1.55 bits per heavy atom. The van der Waals surface area contributed by atoms with Crippen LogP contribution in [0.25, 0.3) is 16.8 Å². The number of hydrogen-bond acceptors (Lipinski definition) is 12. The van der Waals surface area contributed by atoms with Gasteiger partial charge in [-0.1, -0.05) is 82.3 Å². The number of carbonyl (C=O) groups is 3. The maximum Gasteiger partial charge on any atom is 0.586 e. The molecule has 3 aromatic heterocycles. The lowest BCUT2D eigenvalue weighted by Crippen LogP contribution is -2.49. The predicted molar refractivity (Wildman–Crippen MR) is 279 cm³/mol. The number of halogens is 2. The highest BCUT2D eigenvalue weighted by atomic mass is 32.2. The Kier molecular flexibility index (Phi) is 18.6. The van der Waals surface area contributed by atoms with Gasteiger partial charge in [0.05, 0.1) is 54.7 Å². The molecule has 1 aliphatic carbocycles. The number of hydrogen-bond donors (Lipinski definition) is 3. The third-order valence-corrected chi connectivity index (χ3v) is 13.8. The van der Waals surface area contributed by atoms with Crippen LogP contribution in [-0.4, -0.2) is 111 Å². The number of aromatic nitrogens is 4. The number of alkyl halides is 2. The highest BCUT2D eigenvalue weighted by Crippen LogP contribution is 2.52. The third kappa shape index (κ3) is 13.5. The fourth-order valence-corrected chi connectivity index (χ4v) is 9.59. The monoisotopic (exact) mass is 1040 g/mol. The van der Waals surface area contributed by atoms with Crippen molar-refractivity contribution in [1.82, 2.24) is 29.4 Å². The van der Waals surface area contributed by atoms with E-state index in [1.165, 1.54) is 34.8 Å². The third-order valence-electron chi connectivity index (χ3n) is 12.8. The van der Waals surface area contributed by atoms with E-state index in [4.69, 9.17) is 14.5 Å². The topological polar surface area (TPSA) is 188 Å². The average Bonchev–Trinajstić information content (AvgIpc) is 4.03. The van der Waals surface area contributed by atoms with Crippen molar-refractivity contribution >= 4 is 40.8 Å². The lowest BCUT2D eigenvalue weighted by molar-refractivity contribution is -0.286. The average molecular weight is 1040 g/mol. The molecule has 0 bridgehead atoms. The highest BCUT2D eigenvalue weighted by molar-refractivity contribution is 7.99. The van der Waals surface area contributed by atoms with E-state index in [0.29, 0.717) is 111 Å². The van der Waals surface area contributed by atoms with Gasteiger partial charge < -0.3 is 39.6 Å². The molecule has 6 aromatic rings. The molecular formula is C55H65F2N7O9S. The SMILES string of the molecule is CC.CC.Cc1ccc(NC(=O)C2(c3ccc4c(c3)OC(F)(F)O4)CC2)nc1-c1cccc(C(=O)NCCOCCOCCSc2ccc3c(=O)n(CC4(O)CCN(C(=O)CCc5ccccc5)CC4)cnn23)c1. The van der Waals surface area contributed by atoms with Gasteiger partial charge in [0, 0.05) is 42.9 Å². The predicted octanol–water partition coefficient (Wildman–Crippen LogP) is 8.45. The number of carbonyl (C=O) groups excluding carboxylic acids is 3. The number of nitrogens with one attached hydrogen (secondary N) is 2. The van der Waals surface area contributed by atoms with Crippen molar-refractivity contribution in [2.24, 2.45) is 0 Å². The molecule has 9 rings (SSSR count). The molecule has 3 aliphatic rings. The summed E-state index contributed by atoms with van der Waals surface area (Å²) in [6, 6.07) is 28.4. The summed E-state index contributed by atoms with van der Waals surface area (Å²) in [4.78, 5) is 59.4. The molecule has 0 unspecified atom stereocenters. The number of nitrogens with zero attached hydrogens (tertiary/aromatic N) is 5. The minimum absolute atomic E-state index is 0.0665. The van der Waals surface area contributed by atoms with Crippen LogP contribution in [-0.2, 0) is 37.4 Å². The Bertz CT molecular complexity index is 2940. The van der Waals surface area contributed by atoms with E-state index < -0.39 is 17.3 Å². The van der Waals surface area contributed by atoms with Crippen LogP contribution in [0, 0.1) is 6.92 Å². The number of piperidine rings is 1. The molecule has 0 spiro atoms. The van der Waals surface area contributed by atoms with Gasteiger partial charge in [0.2, 0.25) is 11.8 Å². The van der Waals surface area contributed by atoms with E-state index in [2.05, 4.69) is 25.2 Å². The summed E-state index contributed by atoms with van der Waals surface area (Å²) >= 11 is 1.50. The van der Waals surface area contributed by atoms with Gasteiger partial charge in [-0.25, -0.2) is 9.50 Å². The molecule has 3 N–H and O–H groups in total. The summed E-state index contributed by atoms with van der Waals surface area (Å²) in [6.07, 6.45) is 0.596. The van der Waals surface area contributed by atoms with Gasteiger partial charge >= 0.3 is 6.29 Å². The van der Waals surface area contributed by atoms with Crippen LogP contribution in [0.3, 0.4) is 0 Å². The van der Waals surface area contributed by atoms with E-state index >= 15 is 0 Å². The van der Waals surface area contributed by atoms with Gasteiger partial charge in [-0.2, -0.15) is 5.10 Å². The Morgan fingerprint density at radius 3 is 2.30 bits per heavy atom. The molecule has 3 aromatic carbocycles. The first-order valence-electron chi connectivity index (χ1n) is 25.3. The zero-order valence-corrected chi connectivity index (χ0v) is 43.4. The summed E-state index contributed by atoms with van der Waals surface area (Å²) in [5.41, 5.74) is 2.30. The van der Waals surface area contributed by atoms with Crippen molar-refractivity contribution in [2.45, 2.75) is 102 Å². The smallest absolute Gasteiger partial charge is 0.395 e. The molecule has 74 heavy (non-hydrogen) atoms. The van der Waals surface area contributed by atoms with Crippen LogP contribution in [0.1, 0.15) is 86.8 Å². The second-order valence-corrected chi connectivity index (χ2v) is 18.9. The van der Waals surface area contributed by atoms with Crippen molar-refractivity contribution in [3.63, 3.8) is 0 Å². The molecule has 2 aliphatic heterocycles. The van der Waals surface area contributed by atoms with Gasteiger partial charge in [-0.05, 0) is 98.2 Å². The van der Waals surface area contributed by atoms with Gasteiger partial charge in [0.15, 0.2) is 11.5 Å². The Balaban J connectivity index is 0.00000195. The van der Waals surface area contributed by atoms with Crippen molar-refractivity contribution in [3.05, 3.63) is 136 Å². The summed E-state index contributed by atoms with van der Waals surface area (Å²) in [5, 5.41) is 22.4. The molecule has 3 amide bonds. The number of anilines is 1. The number of pyridine rings is 1. The van der Waals surface area contributed by atoms with Gasteiger partial charge in [-0.15, -0.1) is 20.5 Å². The minimum atomic E-state index is -3.75. The zero-order valence-electron chi connectivity index (χ0n) is 42.5. The first-order chi connectivity index (χ1) is 35.8. The minimum Gasteiger partial charge on any atom is -0.395 e. The first kappa shape index (κ1) is 55.1. The normalized spacial score (nSPS) is 15.5. The maximum absolute atomic E-state index is 13.6. The van der Waals surface area contributed by atoms with Crippen molar-refractivity contribution in [2.75, 3.05) is 57.1 Å².